The van der Waals surface area contributed by atoms with E-state index in [1.165, 1.54) is 32.1 Å². The van der Waals surface area contributed by atoms with Crippen molar-refractivity contribution in [1.29, 1.82) is 0 Å². The summed E-state index contributed by atoms with van der Waals surface area (Å²) >= 11 is 0. The van der Waals surface area contributed by atoms with Crippen molar-refractivity contribution < 1.29 is 9.53 Å². The third-order valence-corrected chi connectivity index (χ3v) is 4.26. The minimum Gasteiger partial charge on any atom is -0.465 e. The number of rotatable bonds is 5. The van der Waals surface area contributed by atoms with Gasteiger partial charge in [0.25, 0.3) is 0 Å². The minimum absolute atomic E-state index is 0.0460. The maximum absolute atomic E-state index is 11.7. The summed E-state index contributed by atoms with van der Waals surface area (Å²) in [5.41, 5.74) is 0. The quantitative estimate of drug-likeness (QED) is 0.706. The van der Waals surface area contributed by atoms with Crippen LogP contribution < -0.4 is 0 Å². The van der Waals surface area contributed by atoms with Crippen molar-refractivity contribution in [2.24, 2.45) is 11.8 Å². The van der Waals surface area contributed by atoms with Crippen molar-refractivity contribution in [2.45, 2.75) is 65.0 Å². The van der Waals surface area contributed by atoms with Gasteiger partial charge in [-0.3, -0.25) is 9.69 Å². The highest BCUT2D eigenvalue weighted by Crippen LogP contribution is 2.37. The molecule has 0 radical (unpaired) electrons. The molecule has 18 heavy (non-hydrogen) atoms. The molecular formula is C15H27NO2. The number of hydrogen-bond acceptors (Lipinski definition) is 3. The standard InChI is InChI=1S/C15H27NO2/c1-4-18-15(17)10-16(13-5-6-13)14-8-11(2)7-12(3)9-14/h11-14H,4-10H2,1-3H3. The second-order valence-electron chi connectivity index (χ2n) is 6.28. The second-order valence-corrected chi connectivity index (χ2v) is 6.28. The van der Waals surface area contributed by atoms with Crippen LogP contribution in [0.3, 0.4) is 0 Å². The minimum atomic E-state index is -0.0460. The van der Waals surface area contributed by atoms with Crippen LogP contribution in [0.5, 0.6) is 0 Å². The van der Waals surface area contributed by atoms with Gasteiger partial charge in [0.05, 0.1) is 13.2 Å². The van der Waals surface area contributed by atoms with E-state index < -0.39 is 0 Å². The number of carbonyl (C=O) groups excluding carboxylic acids is 1. The number of hydrogen-bond donors (Lipinski definition) is 0. The summed E-state index contributed by atoms with van der Waals surface area (Å²) in [7, 11) is 0. The van der Waals surface area contributed by atoms with Gasteiger partial charge in [0, 0.05) is 12.1 Å². The van der Waals surface area contributed by atoms with E-state index in [-0.39, 0.29) is 5.97 Å². The zero-order chi connectivity index (χ0) is 13.1. The smallest absolute Gasteiger partial charge is 0.320 e. The Bertz CT molecular complexity index is 278. The fourth-order valence-electron chi connectivity index (χ4n) is 3.49. The molecule has 2 atom stereocenters. The monoisotopic (exact) mass is 253 g/mol. The molecule has 2 rings (SSSR count). The fourth-order valence-corrected chi connectivity index (χ4v) is 3.49. The van der Waals surface area contributed by atoms with Crippen LogP contribution in [0, 0.1) is 11.8 Å². The Morgan fingerprint density at radius 3 is 2.22 bits per heavy atom. The lowest BCUT2D eigenvalue weighted by molar-refractivity contribution is -0.145. The van der Waals surface area contributed by atoms with Crippen LogP contribution in [-0.4, -0.2) is 36.1 Å². The van der Waals surface area contributed by atoms with Gasteiger partial charge in [-0.1, -0.05) is 13.8 Å². The first-order valence-corrected chi connectivity index (χ1v) is 7.51. The highest BCUT2D eigenvalue weighted by molar-refractivity contribution is 5.71. The van der Waals surface area contributed by atoms with Crippen molar-refractivity contribution in [2.75, 3.05) is 13.2 Å². The zero-order valence-electron chi connectivity index (χ0n) is 12.0. The van der Waals surface area contributed by atoms with Gasteiger partial charge >= 0.3 is 5.97 Å². The van der Waals surface area contributed by atoms with Crippen LogP contribution in [-0.2, 0) is 9.53 Å². The molecule has 3 nitrogen and oxygen atoms in total. The van der Waals surface area contributed by atoms with E-state index in [1.807, 2.05) is 6.92 Å². The third-order valence-electron chi connectivity index (χ3n) is 4.26. The molecule has 2 aliphatic carbocycles. The largest absolute Gasteiger partial charge is 0.465 e. The van der Waals surface area contributed by atoms with Gasteiger partial charge in [-0.2, -0.15) is 0 Å². The Balaban J connectivity index is 1.94. The molecule has 2 saturated carbocycles. The van der Waals surface area contributed by atoms with Crippen LogP contribution in [0.2, 0.25) is 0 Å². The fraction of sp³-hybridized carbons (Fsp3) is 0.933. The Hall–Kier alpha value is -0.570. The molecule has 0 aromatic rings. The zero-order valence-corrected chi connectivity index (χ0v) is 12.0. The van der Waals surface area contributed by atoms with E-state index in [4.69, 9.17) is 4.74 Å². The lowest BCUT2D eigenvalue weighted by atomic mass is 9.79. The van der Waals surface area contributed by atoms with Gasteiger partial charge in [-0.15, -0.1) is 0 Å². The van der Waals surface area contributed by atoms with Crippen molar-refractivity contribution in [3.05, 3.63) is 0 Å². The van der Waals surface area contributed by atoms with Crippen molar-refractivity contribution >= 4 is 5.97 Å². The topological polar surface area (TPSA) is 29.5 Å². The summed E-state index contributed by atoms with van der Waals surface area (Å²) in [6, 6.07) is 1.25. The Kier molecular flexibility index (Phi) is 4.66. The Morgan fingerprint density at radius 1 is 1.11 bits per heavy atom. The normalized spacial score (nSPS) is 32.6. The molecule has 0 bridgehead atoms. The molecule has 0 aromatic heterocycles. The lowest BCUT2D eigenvalue weighted by Crippen LogP contribution is -2.44. The van der Waals surface area contributed by atoms with E-state index >= 15 is 0 Å². The van der Waals surface area contributed by atoms with Crippen molar-refractivity contribution in [3.63, 3.8) is 0 Å². The number of carbonyl (C=O) groups is 1. The summed E-state index contributed by atoms with van der Waals surface area (Å²) in [6.07, 6.45) is 6.37. The SMILES string of the molecule is CCOC(=O)CN(C1CC1)C1CC(C)CC(C)C1. The number of ether oxygens (including phenoxy) is 1. The van der Waals surface area contributed by atoms with Crippen molar-refractivity contribution in [1.82, 2.24) is 4.90 Å². The molecule has 2 aliphatic rings. The van der Waals surface area contributed by atoms with Gasteiger partial charge in [-0.25, -0.2) is 0 Å². The highest BCUT2D eigenvalue weighted by Gasteiger charge is 2.38. The average molecular weight is 253 g/mol. The average Bonchev–Trinajstić information content (AvgIpc) is 3.08. The van der Waals surface area contributed by atoms with E-state index in [1.54, 1.807) is 0 Å². The molecule has 0 spiro atoms. The predicted octanol–water partition coefficient (Wildman–Crippen LogP) is 2.84. The first-order valence-electron chi connectivity index (χ1n) is 7.51. The Morgan fingerprint density at radius 2 is 1.72 bits per heavy atom. The molecule has 0 aromatic carbocycles. The van der Waals surface area contributed by atoms with Gasteiger partial charge in [-0.05, 0) is 50.9 Å². The molecule has 2 fully saturated rings. The Labute approximate surface area is 111 Å². The molecule has 0 aliphatic heterocycles. The van der Waals surface area contributed by atoms with Gasteiger partial charge in [0.1, 0.15) is 0 Å². The summed E-state index contributed by atoms with van der Waals surface area (Å²) in [5.74, 6) is 1.54. The first kappa shape index (κ1) is 13.9. The molecule has 0 amide bonds. The van der Waals surface area contributed by atoms with Crippen LogP contribution in [0.4, 0.5) is 0 Å². The second kappa shape index (κ2) is 6.05. The van der Waals surface area contributed by atoms with E-state index in [0.717, 1.165) is 11.8 Å². The molecule has 0 N–H and O–H groups in total. The number of esters is 1. The van der Waals surface area contributed by atoms with Gasteiger partial charge < -0.3 is 4.74 Å². The van der Waals surface area contributed by atoms with Gasteiger partial charge in [0.15, 0.2) is 0 Å². The maximum atomic E-state index is 11.7. The van der Waals surface area contributed by atoms with Crippen LogP contribution in [0.1, 0.15) is 52.9 Å². The van der Waals surface area contributed by atoms with E-state index in [9.17, 15) is 4.79 Å². The van der Waals surface area contributed by atoms with Crippen molar-refractivity contribution in [3.8, 4) is 0 Å². The third kappa shape index (κ3) is 3.71. The van der Waals surface area contributed by atoms with E-state index in [0.29, 0.717) is 25.2 Å². The predicted molar refractivity (Wildman–Crippen MR) is 72.3 cm³/mol. The summed E-state index contributed by atoms with van der Waals surface area (Å²) in [6.45, 7) is 7.57. The number of nitrogens with zero attached hydrogens (tertiary/aromatic N) is 1. The summed E-state index contributed by atoms with van der Waals surface area (Å²) < 4.78 is 5.11. The molecule has 3 heteroatoms. The van der Waals surface area contributed by atoms with Crippen LogP contribution in [0.25, 0.3) is 0 Å². The first-order chi connectivity index (χ1) is 8.60. The molecule has 2 unspecified atom stereocenters. The molecule has 0 heterocycles. The highest BCUT2D eigenvalue weighted by atomic mass is 16.5. The molecule has 104 valence electrons. The maximum Gasteiger partial charge on any atom is 0.320 e. The summed E-state index contributed by atoms with van der Waals surface area (Å²) in [5, 5.41) is 0. The van der Waals surface area contributed by atoms with E-state index in [2.05, 4.69) is 18.7 Å². The van der Waals surface area contributed by atoms with Crippen LogP contribution in [0.15, 0.2) is 0 Å². The lowest BCUT2D eigenvalue weighted by Gasteiger charge is -2.39. The molecule has 0 saturated heterocycles. The van der Waals surface area contributed by atoms with Crippen LogP contribution >= 0.6 is 0 Å². The summed E-state index contributed by atoms with van der Waals surface area (Å²) in [4.78, 5) is 14.2. The van der Waals surface area contributed by atoms with Gasteiger partial charge in [0.2, 0.25) is 0 Å². The molecular weight excluding hydrogens is 226 g/mol.